The molecule has 0 radical (unpaired) electrons. The summed E-state index contributed by atoms with van der Waals surface area (Å²) in [5.41, 5.74) is 11.8. The number of hydrogen-bond donors (Lipinski definition) is 3. The average Bonchev–Trinajstić information content (AvgIpc) is 2.21. The van der Waals surface area contributed by atoms with E-state index in [1.165, 1.54) is 0 Å². The van der Waals surface area contributed by atoms with Gasteiger partial charge in [0, 0.05) is 6.54 Å². The Morgan fingerprint density at radius 1 is 1.31 bits per heavy atom. The summed E-state index contributed by atoms with van der Waals surface area (Å²) in [6.07, 6.45) is 0. The number of rotatable bonds is 5. The van der Waals surface area contributed by atoms with Crippen LogP contribution in [0.1, 0.15) is 20.8 Å². The minimum atomic E-state index is 0.156. The van der Waals surface area contributed by atoms with Crippen LogP contribution in [0.25, 0.3) is 0 Å². The van der Waals surface area contributed by atoms with Gasteiger partial charge in [-0.1, -0.05) is 13.8 Å². The number of nitrogens with two attached hydrogens (primary N) is 2. The van der Waals surface area contributed by atoms with Gasteiger partial charge in [-0.2, -0.15) is 9.97 Å². The van der Waals surface area contributed by atoms with Gasteiger partial charge in [-0.3, -0.25) is 0 Å². The summed E-state index contributed by atoms with van der Waals surface area (Å²) in [6.45, 7) is 7.31. The molecular formula is C10H19N5O. The largest absolute Gasteiger partial charge is 0.476 e. The molecule has 0 saturated heterocycles. The Morgan fingerprint density at radius 3 is 2.56 bits per heavy atom. The third-order valence-electron chi connectivity index (χ3n) is 1.83. The second-order valence-electron chi connectivity index (χ2n) is 3.88. The van der Waals surface area contributed by atoms with Crippen molar-refractivity contribution in [2.24, 2.45) is 5.92 Å². The van der Waals surface area contributed by atoms with E-state index in [9.17, 15) is 0 Å². The number of anilines is 3. The van der Waals surface area contributed by atoms with E-state index < -0.39 is 0 Å². The number of hydrogen-bond acceptors (Lipinski definition) is 6. The molecular weight excluding hydrogens is 206 g/mol. The van der Waals surface area contributed by atoms with Crippen LogP contribution >= 0.6 is 0 Å². The third kappa shape index (κ3) is 3.15. The third-order valence-corrected chi connectivity index (χ3v) is 1.83. The molecule has 0 atom stereocenters. The van der Waals surface area contributed by atoms with Gasteiger partial charge in [-0.05, 0) is 12.8 Å². The Morgan fingerprint density at radius 2 is 2.00 bits per heavy atom. The van der Waals surface area contributed by atoms with Gasteiger partial charge in [0.25, 0.3) is 0 Å². The molecule has 6 heteroatoms. The van der Waals surface area contributed by atoms with Crippen LogP contribution in [-0.4, -0.2) is 23.1 Å². The fourth-order valence-electron chi connectivity index (χ4n) is 1.12. The standard InChI is InChI=1S/C10H19N5O/c1-4-13-8-7(11)9(15-10(12)14-8)16-5-6(2)3/h6H,4-5,11H2,1-3H3,(H3,12,13,14,15). The van der Waals surface area contributed by atoms with Crippen LogP contribution in [0.15, 0.2) is 0 Å². The van der Waals surface area contributed by atoms with Gasteiger partial charge in [0.1, 0.15) is 5.69 Å². The predicted molar refractivity (Wildman–Crippen MR) is 65.4 cm³/mol. The van der Waals surface area contributed by atoms with Crippen LogP contribution in [-0.2, 0) is 0 Å². The summed E-state index contributed by atoms with van der Waals surface area (Å²) in [6, 6.07) is 0. The number of nitrogens with zero attached hydrogens (tertiary/aromatic N) is 2. The van der Waals surface area contributed by atoms with Crippen LogP contribution in [0.4, 0.5) is 17.5 Å². The maximum absolute atomic E-state index is 5.86. The van der Waals surface area contributed by atoms with E-state index >= 15 is 0 Å². The SMILES string of the molecule is CCNc1nc(N)nc(OCC(C)C)c1N. The van der Waals surface area contributed by atoms with Crippen molar-refractivity contribution >= 4 is 17.5 Å². The molecule has 0 aromatic carbocycles. The Kier molecular flexibility index (Phi) is 4.16. The van der Waals surface area contributed by atoms with Crippen LogP contribution in [0.5, 0.6) is 5.88 Å². The fraction of sp³-hybridized carbons (Fsp3) is 0.600. The van der Waals surface area contributed by atoms with Gasteiger partial charge in [0.05, 0.1) is 6.61 Å². The highest BCUT2D eigenvalue weighted by Crippen LogP contribution is 2.26. The molecule has 1 aromatic heterocycles. The minimum Gasteiger partial charge on any atom is -0.476 e. The second kappa shape index (κ2) is 5.39. The van der Waals surface area contributed by atoms with Crippen LogP contribution < -0.4 is 21.5 Å². The van der Waals surface area contributed by atoms with Gasteiger partial charge < -0.3 is 21.5 Å². The first-order chi connectivity index (χ1) is 7.54. The molecule has 5 N–H and O–H groups in total. The van der Waals surface area contributed by atoms with E-state index in [2.05, 4.69) is 15.3 Å². The van der Waals surface area contributed by atoms with Crippen molar-refractivity contribution in [3.05, 3.63) is 0 Å². The lowest BCUT2D eigenvalue weighted by molar-refractivity contribution is 0.263. The predicted octanol–water partition coefficient (Wildman–Crippen LogP) is 1.11. The van der Waals surface area contributed by atoms with Crippen molar-refractivity contribution in [3.63, 3.8) is 0 Å². The molecule has 0 aliphatic carbocycles. The first kappa shape index (κ1) is 12.4. The number of nitrogen functional groups attached to an aromatic ring is 2. The molecule has 0 amide bonds. The molecule has 0 fully saturated rings. The van der Waals surface area contributed by atoms with Crippen LogP contribution in [0.2, 0.25) is 0 Å². The zero-order valence-electron chi connectivity index (χ0n) is 9.95. The Labute approximate surface area is 95.4 Å². The quantitative estimate of drug-likeness (QED) is 0.694. The van der Waals surface area contributed by atoms with Crippen molar-refractivity contribution in [2.75, 3.05) is 29.9 Å². The van der Waals surface area contributed by atoms with Gasteiger partial charge in [0.2, 0.25) is 11.8 Å². The molecule has 6 nitrogen and oxygen atoms in total. The molecule has 1 rings (SSSR count). The lowest BCUT2D eigenvalue weighted by Crippen LogP contribution is -2.12. The summed E-state index contributed by atoms with van der Waals surface area (Å²) in [5.74, 6) is 1.42. The van der Waals surface area contributed by atoms with Crippen LogP contribution in [0.3, 0.4) is 0 Å². The zero-order valence-corrected chi connectivity index (χ0v) is 9.95. The Hall–Kier alpha value is -1.72. The summed E-state index contributed by atoms with van der Waals surface area (Å²) in [4.78, 5) is 7.97. The van der Waals surface area contributed by atoms with Gasteiger partial charge in [-0.25, -0.2) is 0 Å². The van der Waals surface area contributed by atoms with E-state index in [4.69, 9.17) is 16.2 Å². The maximum Gasteiger partial charge on any atom is 0.244 e. The maximum atomic E-state index is 5.86. The molecule has 0 bridgehead atoms. The highest BCUT2D eigenvalue weighted by Gasteiger charge is 2.11. The first-order valence-corrected chi connectivity index (χ1v) is 5.34. The first-order valence-electron chi connectivity index (χ1n) is 5.34. The van der Waals surface area contributed by atoms with Crippen molar-refractivity contribution in [1.82, 2.24) is 9.97 Å². The fourth-order valence-corrected chi connectivity index (χ4v) is 1.12. The lowest BCUT2D eigenvalue weighted by Gasteiger charge is -2.13. The van der Waals surface area contributed by atoms with Gasteiger partial charge in [-0.15, -0.1) is 0 Å². The van der Waals surface area contributed by atoms with E-state index in [0.717, 1.165) is 0 Å². The minimum absolute atomic E-state index is 0.156. The molecule has 1 aromatic rings. The summed E-state index contributed by atoms with van der Waals surface area (Å²) in [5, 5.41) is 3.01. The normalized spacial score (nSPS) is 10.5. The molecule has 0 spiro atoms. The molecule has 16 heavy (non-hydrogen) atoms. The average molecular weight is 225 g/mol. The van der Waals surface area contributed by atoms with Crippen molar-refractivity contribution < 1.29 is 4.74 Å². The zero-order chi connectivity index (χ0) is 12.1. The smallest absolute Gasteiger partial charge is 0.244 e. The molecule has 0 aliphatic heterocycles. The van der Waals surface area contributed by atoms with E-state index in [1.54, 1.807) is 0 Å². The van der Waals surface area contributed by atoms with E-state index in [-0.39, 0.29) is 5.95 Å². The highest BCUT2D eigenvalue weighted by molar-refractivity contribution is 5.68. The van der Waals surface area contributed by atoms with Crippen molar-refractivity contribution in [1.29, 1.82) is 0 Å². The molecule has 1 heterocycles. The van der Waals surface area contributed by atoms with Crippen molar-refractivity contribution in [3.8, 4) is 5.88 Å². The summed E-state index contributed by atoms with van der Waals surface area (Å²) < 4.78 is 5.47. The topological polar surface area (TPSA) is 99.1 Å². The number of aromatic nitrogens is 2. The van der Waals surface area contributed by atoms with Gasteiger partial charge >= 0.3 is 0 Å². The highest BCUT2D eigenvalue weighted by atomic mass is 16.5. The second-order valence-corrected chi connectivity index (χ2v) is 3.88. The molecule has 90 valence electrons. The van der Waals surface area contributed by atoms with E-state index in [0.29, 0.717) is 36.5 Å². The number of nitrogens with one attached hydrogen (secondary N) is 1. The van der Waals surface area contributed by atoms with Crippen LogP contribution in [0, 0.1) is 5.92 Å². The Balaban J connectivity index is 2.90. The van der Waals surface area contributed by atoms with E-state index in [1.807, 2.05) is 20.8 Å². The lowest BCUT2D eigenvalue weighted by atomic mass is 10.2. The summed E-state index contributed by atoms with van der Waals surface area (Å²) >= 11 is 0. The Bertz CT molecular complexity index is 353. The van der Waals surface area contributed by atoms with Gasteiger partial charge in [0.15, 0.2) is 5.82 Å². The summed E-state index contributed by atoms with van der Waals surface area (Å²) in [7, 11) is 0. The molecule has 0 aliphatic rings. The number of ether oxygens (including phenoxy) is 1. The molecule has 0 saturated carbocycles. The molecule has 0 unspecified atom stereocenters. The van der Waals surface area contributed by atoms with Crippen molar-refractivity contribution in [2.45, 2.75) is 20.8 Å². The monoisotopic (exact) mass is 225 g/mol.